The quantitative estimate of drug-likeness (QED) is 0.731. The van der Waals surface area contributed by atoms with Crippen molar-refractivity contribution in [3.05, 3.63) is 54.2 Å². The number of H-pyrrole nitrogens is 1. The van der Waals surface area contributed by atoms with Gasteiger partial charge >= 0.3 is 0 Å². The predicted octanol–water partition coefficient (Wildman–Crippen LogP) is 4.52. The topological polar surface area (TPSA) is 49.4 Å². The summed E-state index contributed by atoms with van der Waals surface area (Å²) in [4.78, 5) is 8.22. The first-order chi connectivity index (χ1) is 10.8. The van der Waals surface area contributed by atoms with Crippen LogP contribution in [0.25, 0.3) is 10.9 Å². The van der Waals surface area contributed by atoms with E-state index in [1.807, 2.05) is 36.4 Å². The summed E-state index contributed by atoms with van der Waals surface area (Å²) < 4.78 is 5.18. The summed E-state index contributed by atoms with van der Waals surface area (Å²) in [6.45, 7) is 0. The van der Waals surface area contributed by atoms with E-state index in [1.165, 1.54) is 11.1 Å². The zero-order valence-corrected chi connectivity index (χ0v) is 12.9. The van der Waals surface area contributed by atoms with Gasteiger partial charge < -0.3 is 15.0 Å². The third-order valence-corrected chi connectivity index (χ3v) is 4.56. The minimum Gasteiger partial charge on any atom is -0.497 e. The van der Waals surface area contributed by atoms with Crippen LogP contribution in [0.1, 0.15) is 5.69 Å². The number of hydrogen-bond donors (Lipinski definition) is 2. The third kappa shape index (κ3) is 2.33. The number of anilines is 1. The number of aromatic nitrogens is 1. The van der Waals surface area contributed by atoms with Crippen molar-refractivity contribution in [3.63, 3.8) is 0 Å². The van der Waals surface area contributed by atoms with E-state index in [-0.39, 0.29) is 0 Å². The molecule has 0 aliphatic carbocycles. The number of nitrogens with one attached hydrogen (secondary N) is 2. The highest BCUT2D eigenvalue weighted by atomic mass is 32.2. The Morgan fingerprint density at radius 1 is 1.14 bits per heavy atom. The van der Waals surface area contributed by atoms with E-state index in [2.05, 4.69) is 22.4 Å². The van der Waals surface area contributed by atoms with Crippen LogP contribution in [0.5, 0.6) is 5.75 Å². The first-order valence-corrected chi connectivity index (χ1v) is 8.04. The van der Waals surface area contributed by atoms with Gasteiger partial charge in [-0.2, -0.15) is 0 Å². The van der Waals surface area contributed by atoms with Gasteiger partial charge in [0.25, 0.3) is 0 Å². The molecular formula is C17H15N3OS. The van der Waals surface area contributed by atoms with Gasteiger partial charge in [-0.15, -0.1) is 0 Å². The van der Waals surface area contributed by atoms with Crippen molar-refractivity contribution in [3.8, 4) is 5.75 Å². The number of aromatic amines is 1. The predicted molar refractivity (Wildman–Crippen MR) is 93.3 cm³/mol. The van der Waals surface area contributed by atoms with Gasteiger partial charge in [0, 0.05) is 22.3 Å². The zero-order valence-electron chi connectivity index (χ0n) is 12.1. The molecule has 4 nitrogen and oxygen atoms in total. The normalized spacial score (nSPS) is 13.6. The van der Waals surface area contributed by atoms with Crippen LogP contribution in [-0.2, 0) is 5.75 Å². The standard InChI is InChI=1S/C17H15N3OS/c1-21-12-8-6-11(7-9-12)18-17-20-16-13-4-2-3-5-14(13)19-15(16)10-22-17/h2-9,19H,10H2,1H3,(H,18,20). The first kappa shape index (κ1) is 13.3. The number of fused-ring (bicyclic) bond motifs is 3. The summed E-state index contributed by atoms with van der Waals surface area (Å²) in [5.74, 6) is 1.74. The van der Waals surface area contributed by atoms with E-state index in [0.717, 1.165) is 33.6 Å². The average molecular weight is 309 g/mol. The Labute approximate surface area is 132 Å². The molecule has 0 saturated carbocycles. The van der Waals surface area contributed by atoms with E-state index in [9.17, 15) is 0 Å². The lowest BCUT2D eigenvalue weighted by atomic mass is 10.2. The van der Waals surface area contributed by atoms with Gasteiger partial charge in [-0.25, -0.2) is 4.99 Å². The van der Waals surface area contributed by atoms with Crippen molar-refractivity contribution >= 4 is 39.2 Å². The number of thioether (sulfide) groups is 1. The molecule has 110 valence electrons. The molecule has 22 heavy (non-hydrogen) atoms. The van der Waals surface area contributed by atoms with Crippen LogP contribution >= 0.6 is 11.8 Å². The van der Waals surface area contributed by atoms with Gasteiger partial charge in [-0.3, -0.25) is 0 Å². The third-order valence-electron chi connectivity index (χ3n) is 3.66. The van der Waals surface area contributed by atoms with Gasteiger partial charge in [0.15, 0.2) is 5.17 Å². The number of hydrogen-bond acceptors (Lipinski definition) is 4. The molecule has 2 N–H and O–H groups in total. The van der Waals surface area contributed by atoms with Crippen molar-refractivity contribution in [2.75, 3.05) is 12.4 Å². The van der Waals surface area contributed by atoms with Crippen LogP contribution in [0, 0.1) is 0 Å². The molecule has 2 aromatic carbocycles. The van der Waals surface area contributed by atoms with Crippen LogP contribution in [-0.4, -0.2) is 17.3 Å². The summed E-state index contributed by atoms with van der Waals surface area (Å²) in [5.41, 5.74) is 4.38. The Morgan fingerprint density at radius 3 is 2.77 bits per heavy atom. The number of rotatable bonds is 2. The molecule has 2 heterocycles. The number of amidine groups is 1. The molecule has 5 heteroatoms. The molecule has 1 aromatic heterocycles. The monoisotopic (exact) mass is 309 g/mol. The lowest BCUT2D eigenvalue weighted by Gasteiger charge is -2.14. The van der Waals surface area contributed by atoms with Crippen LogP contribution in [0.4, 0.5) is 11.4 Å². The lowest BCUT2D eigenvalue weighted by Crippen LogP contribution is -2.10. The van der Waals surface area contributed by atoms with Crippen molar-refractivity contribution in [1.29, 1.82) is 0 Å². The molecular weight excluding hydrogens is 294 g/mol. The number of aliphatic imine (C=N–C) groups is 1. The molecule has 0 saturated heterocycles. The smallest absolute Gasteiger partial charge is 0.166 e. The van der Waals surface area contributed by atoms with E-state index < -0.39 is 0 Å². The molecule has 1 aliphatic heterocycles. The largest absolute Gasteiger partial charge is 0.497 e. The minimum absolute atomic E-state index is 0.850. The Bertz CT molecular complexity index is 852. The average Bonchev–Trinajstić information content (AvgIpc) is 2.94. The van der Waals surface area contributed by atoms with Gasteiger partial charge in [0.05, 0.1) is 18.5 Å². The maximum Gasteiger partial charge on any atom is 0.166 e. The van der Waals surface area contributed by atoms with E-state index in [1.54, 1.807) is 18.9 Å². The summed E-state index contributed by atoms with van der Waals surface area (Å²) in [7, 11) is 1.67. The number of benzene rings is 2. The fourth-order valence-electron chi connectivity index (χ4n) is 2.55. The van der Waals surface area contributed by atoms with Crippen molar-refractivity contribution < 1.29 is 4.74 Å². The number of nitrogens with zero attached hydrogens (tertiary/aromatic N) is 1. The Hall–Kier alpha value is -2.40. The minimum atomic E-state index is 0.850. The van der Waals surface area contributed by atoms with E-state index in [0.29, 0.717) is 0 Å². The molecule has 0 spiro atoms. The van der Waals surface area contributed by atoms with Gasteiger partial charge in [-0.1, -0.05) is 30.0 Å². The fourth-order valence-corrected chi connectivity index (χ4v) is 3.39. The van der Waals surface area contributed by atoms with Gasteiger partial charge in [-0.05, 0) is 30.3 Å². The summed E-state index contributed by atoms with van der Waals surface area (Å²) in [6.07, 6.45) is 0. The van der Waals surface area contributed by atoms with Crippen LogP contribution < -0.4 is 10.1 Å². The van der Waals surface area contributed by atoms with E-state index >= 15 is 0 Å². The molecule has 0 atom stereocenters. The maximum atomic E-state index is 5.18. The lowest BCUT2D eigenvalue weighted by molar-refractivity contribution is 0.415. The number of ether oxygens (including phenoxy) is 1. The summed E-state index contributed by atoms with van der Waals surface area (Å²) in [6, 6.07) is 16.1. The molecule has 0 amide bonds. The summed E-state index contributed by atoms with van der Waals surface area (Å²) >= 11 is 1.70. The Morgan fingerprint density at radius 2 is 1.95 bits per heavy atom. The van der Waals surface area contributed by atoms with Crippen molar-refractivity contribution in [1.82, 2.24) is 4.98 Å². The van der Waals surface area contributed by atoms with Crippen LogP contribution in [0.3, 0.4) is 0 Å². The second-order valence-electron chi connectivity index (χ2n) is 5.06. The highest BCUT2D eigenvalue weighted by Gasteiger charge is 2.17. The Kier molecular flexibility index (Phi) is 3.27. The Balaban J connectivity index is 1.65. The SMILES string of the molecule is COc1ccc(NC2=Nc3c([nH]c4ccccc34)CS2)cc1. The molecule has 4 rings (SSSR count). The van der Waals surface area contributed by atoms with Gasteiger partial charge in [0.1, 0.15) is 5.75 Å². The molecule has 0 unspecified atom stereocenters. The first-order valence-electron chi connectivity index (χ1n) is 7.05. The summed E-state index contributed by atoms with van der Waals surface area (Å²) in [5, 5.41) is 5.46. The van der Waals surface area contributed by atoms with Gasteiger partial charge in [0.2, 0.25) is 0 Å². The van der Waals surface area contributed by atoms with Crippen molar-refractivity contribution in [2.45, 2.75) is 5.75 Å². The highest BCUT2D eigenvalue weighted by molar-refractivity contribution is 8.13. The van der Waals surface area contributed by atoms with Crippen molar-refractivity contribution in [2.24, 2.45) is 4.99 Å². The second-order valence-corrected chi connectivity index (χ2v) is 6.02. The molecule has 0 radical (unpaired) electrons. The second kappa shape index (κ2) is 5.42. The molecule has 0 bridgehead atoms. The van der Waals surface area contributed by atoms with Crippen LogP contribution in [0.15, 0.2) is 53.5 Å². The molecule has 3 aromatic rings. The number of para-hydroxylation sites is 1. The number of methoxy groups -OCH3 is 1. The molecule has 1 aliphatic rings. The fraction of sp³-hybridized carbons (Fsp3) is 0.118. The van der Waals surface area contributed by atoms with E-state index in [4.69, 9.17) is 9.73 Å². The van der Waals surface area contributed by atoms with Crippen LogP contribution in [0.2, 0.25) is 0 Å². The highest BCUT2D eigenvalue weighted by Crippen LogP contribution is 2.37. The zero-order chi connectivity index (χ0) is 14.9. The maximum absolute atomic E-state index is 5.18. The molecule has 0 fully saturated rings.